The van der Waals surface area contributed by atoms with Gasteiger partial charge in [0.1, 0.15) is 0 Å². The molecule has 2 N–H and O–H groups in total. The zero-order valence-electron chi connectivity index (χ0n) is 9.47. The van der Waals surface area contributed by atoms with E-state index >= 15 is 0 Å². The van der Waals surface area contributed by atoms with E-state index in [1.54, 1.807) is 12.1 Å². The molecule has 92 valence electrons. The molecule has 17 heavy (non-hydrogen) atoms. The van der Waals surface area contributed by atoms with Gasteiger partial charge in [0, 0.05) is 12.1 Å². The van der Waals surface area contributed by atoms with Crippen LogP contribution in [0.2, 0.25) is 0 Å². The van der Waals surface area contributed by atoms with E-state index in [2.05, 4.69) is 10.6 Å². The van der Waals surface area contributed by atoms with Crippen molar-refractivity contribution in [3.8, 4) is 0 Å². The van der Waals surface area contributed by atoms with Crippen LogP contribution in [0.15, 0.2) is 24.3 Å². The van der Waals surface area contributed by atoms with Crippen LogP contribution in [0.3, 0.4) is 0 Å². The summed E-state index contributed by atoms with van der Waals surface area (Å²) in [6.07, 6.45) is -0.440. The van der Waals surface area contributed by atoms with Crippen molar-refractivity contribution in [1.29, 1.82) is 0 Å². The van der Waals surface area contributed by atoms with Gasteiger partial charge in [-0.05, 0) is 24.6 Å². The van der Waals surface area contributed by atoms with Gasteiger partial charge < -0.3 is 5.32 Å². The third-order valence-electron chi connectivity index (χ3n) is 2.71. The standard InChI is InChI=1S/C12H14F2N2O/c1-8-3-2-4-9(5-8)16-11(17)10-6-12(13,14)7-15-10/h2-5,10,15H,6-7H2,1H3,(H,16,17). The first kappa shape index (κ1) is 12.0. The van der Waals surface area contributed by atoms with Crippen LogP contribution in [0, 0.1) is 6.92 Å². The number of alkyl halides is 2. The maximum Gasteiger partial charge on any atom is 0.262 e. The van der Waals surface area contributed by atoms with Crippen molar-refractivity contribution in [1.82, 2.24) is 5.32 Å². The van der Waals surface area contributed by atoms with E-state index in [4.69, 9.17) is 0 Å². The Balaban J connectivity index is 1.98. The monoisotopic (exact) mass is 240 g/mol. The summed E-state index contributed by atoms with van der Waals surface area (Å²) in [6.45, 7) is 1.47. The third-order valence-corrected chi connectivity index (χ3v) is 2.71. The number of hydrogen-bond donors (Lipinski definition) is 2. The van der Waals surface area contributed by atoms with Crippen LogP contribution in [-0.4, -0.2) is 24.4 Å². The summed E-state index contributed by atoms with van der Waals surface area (Å²) >= 11 is 0. The van der Waals surface area contributed by atoms with Crippen LogP contribution < -0.4 is 10.6 Å². The Morgan fingerprint density at radius 3 is 2.88 bits per heavy atom. The van der Waals surface area contributed by atoms with E-state index in [9.17, 15) is 13.6 Å². The number of halogens is 2. The third kappa shape index (κ3) is 3.00. The Labute approximate surface area is 98.2 Å². The molecule has 0 aliphatic carbocycles. The number of benzene rings is 1. The van der Waals surface area contributed by atoms with Crippen molar-refractivity contribution in [2.75, 3.05) is 11.9 Å². The highest BCUT2D eigenvalue weighted by Crippen LogP contribution is 2.25. The van der Waals surface area contributed by atoms with Gasteiger partial charge in [0.2, 0.25) is 5.91 Å². The lowest BCUT2D eigenvalue weighted by molar-refractivity contribution is -0.118. The predicted octanol–water partition coefficient (Wildman–Crippen LogP) is 1.93. The minimum Gasteiger partial charge on any atom is -0.325 e. The zero-order chi connectivity index (χ0) is 12.5. The van der Waals surface area contributed by atoms with Crippen LogP contribution in [0.1, 0.15) is 12.0 Å². The number of anilines is 1. The van der Waals surface area contributed by atoms with Crippen LogP contribution in [0.5, 0.6) is 0 Å². The highest BCUT2D eigenvalue weighted by Gasteiger charge is 2.42. The molecule has 0 aromatic heterocycles. The second-order valence-electron chi connectivity index (χ2n) is 4.35. The van der Waals surface area contributed by atoms with Gasteiger partial charge in [-0.25, -0.2) is 8.78 Å². The molecule has 0 radical (unpaired) electrons. The Bertz CT molecular complexity index is 434. The summed E-state index contributed by atoms with van der Waals surface area (Å²) in [7, 11) is 0. The van der Waals surface area contributed by atoms with Crippen molar-refractivity contribution < 1.29 is 13.6 Å². The number of carbonyl (C=O) groups is 1. The largest absolute Gasteiger partial charge is 0.325 e. The summed E-state index contributed by atoms with van der Waals surface area (Å²) in [5.74, 6) is -3.19. The molecule has 1 heterocycles. The molecule has 1 atom stereocenters. The van der Waals surface area contributed by atoms with Gasteiger partial charge in [0.15, 0.2) is 0 Å². The minimum absolute atomic E-state index is 0.409. The van der Waals surface area contributed by atoms with Gasteiger partial charge in [-0.2, -0.15) is 0 Å². The number of carbonyl (C=O) groups excluding carboxylic acids is 1. The molecule has 1 saturated heterocycles. The van der Waals surface area contributed by atoms with E-state index in [-0.39, 0.29) is 0 Å². The molecule has 5 heteroatoms. The normalized spacial score (nSPS) is 22.4. The number of aryl methyl sites for hydroxylation is 1. The maximum atomic E-state index is 12.9. The lowest BCUT2D eigenvalue weighted by Gasteiger charge is -2.11. The Morgan fingerprint density at radius 2 is 2.29 bits per heavy atom. The van der Waals surface area contributed by atoms with E-state index in [1.807, 2.05) is 19.1 Å². The highest BCUT2D eigenvalue weighted by molar-refractivity contribution is 5.95. The molecule has 1 aliphatic heterocycles. The average Bonchev–Trinajstić information content (AvgIpc) is 2.59. The average molecular weight is 240 g/mol. The Morgan fingerprint density at radius 1 is 1.53 bits per heavy atom. The van der Waals surface area contributed by atoms with E-state index in [1.165, 1.54) is 0 Å². The smallest absolute Gasteiger partial charge is 0.262 e. The van der Waals surface area contributed by atoms with Gasteiger partial charge in [-0.3, -0.25) is 10.1 Å². The van der Waals surface area contributed by atoms with Gasteiger partial charge in [0.25, 0.3) is 5.92 Å². The van der Waals surface area contributed by atoms with E-state index in [0.29, 0.717) is 5.69 Å². The van der Waals surface area contributed by atoms with Crippen molar-refractivity contribution in [3.05, 3.63) is 29.8 Å². The molecule has 1 fully saturated rings. The number of nitrogens with one attached hydrogen (secondary N) is 2. The van der Waals surface area contributed by atoms with Gasteiger partial charge >= 0.3 is 0 Å². The van der Waals surface area contributed by atoms with Gasteiger partial charge in [-0.1, -0.05) is 12.1 Å². The first-order valence-corrected chi connectivity index (χ1v) is 5.45. The van der Waals surface area contributed by atoms with Gasteiger partial charge in [0.05, 0.1) is 12.6 Å². The molecule has 2 rings (SSSR count). The summed E-state index contributed by atoms with van der Waals surface area (Å²) in [5.41, 5.74) is 1.64. The van der Waals surface area contributed by atoms with Crippen molar-refractivity contribution in [2.45, 2.75) is 25.3 Å². The van der Waals surface area contributed by atoms with E-state index in [0.717, 1.165) is 5.56 Å². The highest BCUT2D eigenvalue weighted by atomic mass is 19.3. The van der Waals surface area contributed by atoms with Crippen LogP contribution >= 0.6 is 0 Å². The Hall–Kier alpha value is -1.49. The molecule has 1 aliphatic rings. The molecular formula is C12H14F2N2O. The second kappa shape index (κ2) is 4.41. The fourth-order valence-corrected chi connectivity index (χ4v) is 1.85. The fourth-order valence-electron chi connectivity index (χ4n) is 1.85. The summed E-state index contributed by atoms with van der Waals surface area (Å²) < 4.78 is 25.8. The minimum atomic E-state index is -2.78. The maximum absolute atomic E-state index is 12.9. The van der Waals surface area contributed by atoms with Gasteiger partial charge in [-0.15, -0.1) is 0 Å². The molecule has 1 aromatic rings. The molecule has 0 saturated carbocycles. The van der Waals surface area contributed by atoms with Crippen LogP contribution in [0.4, 0.5) is 14.5 Å². The van der Waals surface area contributed by atoms with Crippen LogP contribution in [-0.2, 0) is 4.79 Å². The molecule has 1 aromatic carbocycles. The molecule has 3 nitrogen and oxygen atoms in total. The zero-order valence-corrected chi connectivity index (χ0v) is 9.47. The van der Waals surface area contributed by atoms with Crippen LogP contribution in [0.25, 0.3) is 0 Å². The first-order chi connectivity index (χ1) is 7.96. The number of hydrogen-bond acceptors (Lipinski definition) is 2. The molecule has 1 unspecified atom stereocenters. The first-order valence-electron chi connectivity index (χ1n) is 5.45. The van der Waals surface area contributed by atoms with Crippen molar-refractivity contribution in [3.63, 3.8) is 0 Å². The fraction of sp³-hybridized carbons (Fsp3) is 0.417. The van der Waals surface area contributed by atoms with E-state index < -0.39 is 30.8 Å². The van der Waals surface area contributed by atoms with Crippen molar-refractivity contribution >= 4 is 11.6 Å². The quantitative estimate of drug-likeness (QED) is 0.829. The summed E-state index contributed by atoms with van der Waals surface area (Å²) in [5, 5.41) is 5.15. The molecule has 0 bridgehead atoms. The molecular weight excluding hydrogens is 226 g/mol. The molecule has 0 spiro atoms. The summed E-state index contributed by atoms with van der Waals surface area (Å²) in [4.78, 5) is 11.7. The lowest BCUT2D eigenvalue weighted by atomic mass is 10.1. The second-order valence-corrected chi connectivity index (χ2v) is 4.35. The number of rotatable bonds is 2. The SMILES string of the molecule is Cc1cccc(NC(=O)C2CC(F)(F)CN2)c1. The van der Waals surface area contributed by atoms with Crippen molar-refractivity contribution in [2.24, 2.45) is 0 Å². The topological polar surface area (TPSA) is 41.1 Å². The Kier molecular flexibility index (Phi) is 3.11. The molecule has 1 amide bonds. The predicted molar refractivity (Wildman–Crippen MR) is 61.2 cm³/mol. The number of amides is 1. The summed E-state index contributed by atoms with van der Waals surface area (Å²) in [6, 6.07) is 6.42. The lowest BCUT2D eigenvalue weighted by Crippen LogP contribution is -2.35.